The summed E-state index contributed by atoms with van der Waals surface area (Å²) in [5, 5.41) is 265. The Balaban J connectivity index is 0.975. The third-order valence-corrected chi connectivity index (χ3v) is 16.9. The van der Waals surface area contributed by atoms with Gasteiger partial charge in [0.15, 0.2) is 50.3 Å². The summed E-state index contributed by atoms with van der Waals surface area (Å²) >= 11 is 0. The van der Waals surface area contributed by atoms with Crippen molar-refractivity contribution in [3.8, 4) is 0 Å². The third-order valence-electron chi connectivity index (χ3n) is 16.9. The molecule has 30 saturated heterocycles. The first-order valence-electron chi connectivity index (χ1n) is 28.1. The molecule has 30 heterocycles. The average Bonchev–Trinajstić information content (AvgIpc) is 1.09. The van der Waals surface area contributed by atoms with Crippen molar-refractivity contribution in [1.82, 2.24) is 0 Å². The summed E-state index contributed by atoms with van der Waals surface area (Å²) in [5.41, 5.74) is 0. The number of hydrogen-bond acceptors (Lipinski definition) is 40. The summed E-state index contributed by atoms with van der Waals surface area (Å²) in [6.45, 7) is -8.64. The van der Waals surface area contributed by atoms with Gasteiger partial charge in [-0.2, -0.15) is 0 Å². The molecule has 0 spiro atoms. The third kappa shape index (κ3) is 13.8. The predicted molar refractivity (Wildman–Crippen MR) is 261 cm³/mol. The summed E-state index contributed by atoms with van der Waals surface area (Å²) < 4.78 is 91.1. The minimum atomic E-state index is -2.25. The lowest BCUT2D eigenvalue weighted by molar-refractivity contribution is -0.404. The van der Waals surface area contributed by atoms with Crippen molar-refractivity contribution in [2.75, 3.05) is 52.9 Å². The Morgan fingerprint density at radius 3 is 0.307 bits per heavy atom. The van der Waals surface area contributed by atoms with Gasteiger partial charge >= 0.3 is 0 Å². The Labute approximate surface area is 496 Å². The maximum atomic E-state index is 11.4. The van der Waals surface area contributed by atoms with Gasteiger partial charge in [0.1, 0.15) is 195 Å². The fourth-order valence-electron chi connectivity index (χ4n) is 11.9. The molecule has 0 amide bonds. The van der Waals surface area contributed by atoms with Crippen molar-refractivity contribution in [3.63, 3.8) is 0 Å². The van der Waals surface area contributed by atoms with Crippen molar-refractivity contribution in [3.05, 3.63) is 0 Å². The molecule has 0 aromatic carbocycles. The number of rotatable bonds is 8. The number of aliphatic hydroxyl groups excluding tert-OH is 24. The Hall–Kier alpha value is -1.60. The molecule has 30 aliphatic heterocycles. The van der Waals surface area contributed by atoms with E-state index >= 15 is 0 Å². The molecule has 0 aliphatic carbocycles. The highest BCUT2D eigenvalue weighted by Crippen LogP contribution is 2.40. The lowest BCUT2D eigenvalue weighted by Gasteiger charge is -2.50. The van der Waals surface area contributed by atoms with E-state index in [9.17, 15) is 123 Å². The van der Waals surface area contributed by atoms with Crippen LogP contribution in [-0.4, -0.2) is 421 Å². The monoisotopic (exact) mass is 1300 g/mol. The second-order valence-electron chi connectivity index (χ2n) is 22.5. The summed E-state index contributed by atoms with van der Waals surface area (Å²) in [6.07, 6.45) is -82.0. The van der Waals surface area contributed by atoms with Crippen LogP contribution in [0.2, 0.25) is 0 Å². The van der Waals surface area contributed by atoms with E-state index in [1.165, 1.54) is 0 Å². The molecule has 0 unspecified atom stereocenters. The molecule has 512 valence electrons. The zero-order chi connectivity index (χ0) is 64.1. The van der Waals surface area contributed by atoms with Gasteiger partial charge in [-0.15, -0.1) is 0 Å². The first kappa shape index (κ1) is 70.7. The van der Waals surface area contributed by atoms with Gasteiger partial charge in [-0.1, -0.05) is 0 Å². The zero-order valence-corrected chi connectivity index (χ0v) is 46.0. The van der Waals surface area contributed by atoms with Gasteiger partial charge in [-0.25, -0.2) is 0 Å². The van der Waals surface area contributed by atoms with Crippen molar-refractivity contribution >= 4 is 0 Å². The predicted octanol–water partition coefficient (Wildman–Crippen LogP) is -17.4. The Kier molecular flexibility index (Phi) is 24.1. The summed E-state index contributed by atoms with van der Waals surface area (Å²) in [7, 11) is 0. The molecule has 88 heavy (non-hydrogen) atoms. The second kappa shape index (κ2) is 30.0. The van der Waals surface area contributed by atoms with Crippen LogP contribution in [0.25, 0.3) is 0 Å². The lowest BCUT2D eigenvalue weighted by Crippen LogP contribution is -2.69. The van der Waals surface area contributed by atoms with Crippen LogP contribution in [0.4, 0.5) is 0 Å². The van der Waals surface area contributed by atoms with Crippen molar-refractivity contribution in [2.45, 2.75) is 246 Å². The Bertz CT molecular complexity index is 1700. The molecule has 16 bridgehead atoms. The molecule has 30 rings (SSSR count). The van der Waals surface area contributed by atoms with Gasteiger partial charge < -0.3 is 198 Å². The SMILES string of the molecule is OC[C@H]1O[C@@H]2O[C@H]3[C@H](O)[C@@H](O)[C@@H](O[C@H]4[C@H](O)[C@@H](O)[C@@H](O[C@H]5[C@H](O)[C@@H](O)[C@@H](O[C@H]6[C@H](O)[C@@H](O)[C@@H](O[C@H]7[C@@H](O)[C@H](O)[C@@H](O[C@H]8[C@H](O)[C@@H](O)[C@@H](O[C@H]9[C@@H](O)[C@H](O)[C@@H](O[C@H]1[C@H](O)[C@H]2O)O[C@@H]9CO)O[C@@H]8CO)O[C@@H]7CO)O[C@@H]6CO)O[C@@H]5CO)O[C@@H]4CO)O[C@@H]3CO. The Morgan fingerprint density at radius 2 is 0.227 bits per heavy atom. The van der Waals surface area contributed by atoms with Crippen molar-refractivity contribution in [2.24, 2.45) is 0 Å². The topological polar surface area (TPSA) is 633 Å². The molecular weight excluding hydrogens is 1220 g/mol. The van der Waals surface area contributed by atoms with Crippen molar-refractivity contribution in [1.29, 1.82) is 0 Å². The van der Waals surface area contributed by atoms with Gasteiger partial charge in [-0.05, 0) is 0 Å². The second-order valence-corrected chi connectivity index (χ2v) is 22.5. The largest absolute Gasteiger partial charge is 0.394 e. The standard InChI is InChI=1S/C48H80O40/c49-1-9-33-17(57)25(65)41(73-9)82-34-10(2-50)75-43(27(67)19(34)59)84-36-12(4-52)77-45(29(69)21(36)61)86-38-14(6-54)79-47(31(71)23(38)63)88-40-16(8-56)80-48(32(72)24(40)64)87-39-15(7-55)78-46(30(70)22(39)62)85-37-13(5-53)76-44(28(68)20(37)60)83-35-11(3-51)74-42(81-33)26(66)18(35)58/h9-72H,1-8H2/t9-,10-,11-,12-,13-,14-,15-,16-,17-,18-,19-,20-,21-,22+,23+,24-,25-,26-,27-,28-,29-,30+,31+,32-,33-,34-,35-,36-,37-,38-,39-,40-,41-,42-,43-,44-,45-,46-,47-,48-/m1/s1. The zero-order valence-electron chi connectivity index (χ0n) is 46.0. The van der Waals surface area contributed by atoms with Crippen LogP contribution < -0.4 is 0 Å². The molecule has 24 N–H and O–H groups in total. The van der Waals surface area contributed by atoms with Gasteiger partial charge in [-0.3, -0.25) is 0 Å². The smallest absolute Gasteiger partial charge is 0.187 e. The van der Waals surface area contributed by atoms with Crippen LogP contribution in [0.15, 0.2) is 0 Å². The van der Waals surface area contributed by atoms with E-state index in [0.29, 0.717) is 0 Å². The molecular formula is C48H80O40. The van der Waals surface area contributed by atoms with Gasteiger partial charge in [0.05, 0.1) is 52.9 Å². The van der Waals surface area contributed by atoms with E-state index in [0.717, 1.165) is 0 Å². The minimum absolute atomic E-state index is 1.08. The van der Waals surface area contributed by atoms with Crippen LogP contribution in [-0.2, 0) is 75.8 Å². The first-order valence-corrected chi connectivity index (χ1v) is 28.1. The number of aliphatic hydroxyl groups is 24. The van der Waals surface area contributed by atoms with E-state index in [1.807, 2.05) is 0 Å². The Morgan fingerprint density at radius 1 is 0.136 bits per heavy atom. The highest BCUT2D eigenvalue weighted by molar-refractivity contribution is 5.02. The maximum absolute atomic E-state index is 11.4. The lowest BCUT2D eigenvalue weighted by atomic mass is 9.94. The first-order chi connectivity index (χ1) is 41.9. The minimum Gasteiger partial charge on any atom is -0.394 e. The fourth-order valence-corrected chi connectivity index (χ4v) is 11.9. The molecule has 0 saturated carbocycles. The molecule has 30 aliphatic rings. The molecule has 0 radical (unpaired) electrons. The van der Waals surface area contributed by atoms with E-state index < -0.39 is 299 Å². The molecule has 0 aromatic heterocycles. The van der Waals surface area contributed by atoms with E-state index in [2.05, 4.69) is 0 Å². The fraction of sp³-hybridized carbons (Fsp3) is 1.00. The highest BCUT2D eigenvalue weighted by atomic mass is 16.8. The molecule has 40 heteroatoms. The quantitative estimate of drug-likeness (QED) is 0.107. The van der Waals surface area contributed by atoms with Crippen LogP contribution in [0.1, 0.15) is 0 Å². The molecule has 30 fully saturated rings. The van der Waals surface area contributed by atoms with Crippen LogP contribution >= 0.6 is 0 Å². The van der Waals surface area contributed by atoms with Crippen molar-refractivity contribution < 1.29 is 198 Å². The summed E-state index contributed by atoms with van der Waals surface area (Å²) in [5.74, 6) is 0. The maximum Gasteiger partial charge on any atom is 0.187 e. The van der Waals surface area contributed by atoms with E-state index in [1.54, 1.807) is 0 Å². The van der Waals surface area contributed by atoms with Gasteiger partial charge in [0.2, 0.25) is 0 Å². The van der Waals surface area contributed by atoms with Crippen LogP contribution in [0.3, 0.4) is 0 Å². The highest BCUT2D eigenvalue weighted by Gasteiger charge is 2.60. The van der Waals surface area contributed by atoms with E-state index in [4.69, 9.17) is 75.8 Å². The molecule has 40 nitrogen and oxygen atoms in total. The van der Waals surface area contributed by atoms with Crippen LogP contribution in [0, 0.1) is 0 Å². The summed E-state index contributed by atoms with van der Waals surface area (Å²) in [6, 6.07) is 0. The number of ether oxygens (including phenoxy) is 16. The summed E-state index contributed by atoms with van der Waals surface area (Å²) in [4.78, 5) is 0. The normalized spacial score (nSPS) is 55.4. The average molecular weight is 1300 g/mol. The van der Waals surface area contributed by atoms with Crippen LogP contribution in [0.5, 0.6) is 0 Å². The van der Waals surface area contributed by atoms with Gasteiger partial charge in [0, 0.05) is 0 Å². The molecule has 0 aromatic rings. The number of hydrogen-bond donors (Lipinski definition) is 24. The van der Waals surface area contributed by atoms with Gasteiger partial charge in [0.25, 0.3) is 0 Å². The molecule has 40 atom stereocenters. The van der Waals surface area contributed by atoms with E-state index in [-0.39, 0.29) is 0 Å².